The molecule has 0 spiro atoms. The summed E-state index contributed by atoms with van der Waals surface area (Å²) in [5.74, 6) is 0. The van der Waals surface area contributed by atoms with Crippen molar-refractivity contribution in [2.75, 3.05) is 13.2 Å². The minimum absolute atomic E-state index is 0.0321. The Kier molecular flexibility index (Phi) is 4.11. The van der Waals surface area contributed by atoms with E-state index in [0.717, 1.165) is 16.3 Å². The van der Waals surface area contributed by atoms with Crippen LogP contribution in [-0.2, 0) is 10.5 Å². The van der Waals surface area contributed by atoms with Gasteiger partial charge in [-0.2, -0.15) is 0 Å². The number of aliphatic hydroxyl groups is 3. The number of hydrogen-bond acceptors (Lipinski definition) is 6. The Morgan fingerprint density at radius 1 is 1.55 bits per heavy atom. The molecule has 0 saturated carbocycles. The number of hydrogen-bond donors (Lipinski definition) is 4. The van der Waals surface area contributed by atoms with Gasteiger partial charge in [-0.3, -0.25) is 14.3 Å². The molecular weight excluding hydrogens is 292 g/mol. The average Bonchev–Trinajstić information content (AvgIpc) is 2.71. The number of nitrogens with one attached hydrogen (secondary N) is 1. The molecule has 0 bridgehead atoms. The van der Waals surface area contributed by atoms with Crippen LogP contribution in [0.15, 0.2) is 21.3 Å². The third kappa shape index (κ3) is 2.21. The highest BCUT2D eigenvalue weighted by Gasteiger charge is 2.51. The summed E-state index contributed by atoms with van der Waals surface area (Å²) in [4.78, 5) is 25.4. The van der Waals surface area contributed by atoms with E-state index in [1.165, 1.54) is 6.08 Å². The summed E-state index contributed by atoms with van der Waals surface area (Å²) in [5, 5.41) is 29.0. The molecule has 1 aromatic rings. The highest BCUT2D eigenvalue weighted by molar-refractivity contribution is 6.27. The highest BCUT2D eigenvalue weighted by atomic mass is 35.5. The molecule has 0 amide bonds. The average molecular weight is 305 g/mol. The van der Waals surface area contributed by atoms with Gasteiger partial charge < -0.3 is 20.1 Å². The fourth-order valence-corrected chi connectivity index (χ4v) is 2.22. The van der Waals surface area contributed by atoms with Crippen molar-refractivity contribution in [2.24, 2.45) is 0 Å². The number of ether oxygens (including phenoxy) is 1. The fourth-order valence-electron chi connectivity index (χ4n) is 2.09. The lowest BCUT2D eigenvalue weighted by atomic mass is 10.1. The zero-order valence-corrected chi connectivity index (χ0v) is 10.9. The molecule has 1 fully saturated rings. The molecule has 1 saturated heterocycles. The van der Waals surface area contributed by atoms with Gasteiger partial charge in [0.25, 0.3) is 5.56 Å². The van der Waals surface area contributed by atoms with Crippen LogP contribution in [0.4, 0.5) is 0 Å². The number of H-pyrrole nitrogens is 1. The van der Waals surface area contributed by atoms with Gasteiger partial charge in [-0.05, 0) is 6.08 Å². The summed E-state index contributed by atoms with van der Waals surface area (Å²) < 4.78 is 6.02. The second kappa shape index (κ2) is 5.51. The first-order valence-corrected chi connectivity index (χ1v) is 6.14. The van der Waals surface area contributed by atoms with Gasteiger partial charge in [0.15, 0.2) is 0 Å². The van der Waals surface area contributed by atoms with E-state index < -0.39 is 35.8 Å². The summed E-state index contributed by atoms with van der Waals surface area (Å²) in [6.45, 7) is -1.02. The first-order chi connectivity index (χ1) is 9.46. The number of halogens is 1. The van der Waals surface area contributed by atoms with E-state index >= 15 is 0 Å². The summed E-state index contributed by atoms with van der Waals surface area (Å²) >= 11 is 5.39. The lowest BCUT2D eigenvalue weighted by Crippen LogP contribution is -2.54. The van der Waals surface area contributed by atoms with Crippen molar-refractivity contribution in [3.8, 4) is 0 Å². The van der Waals surface area contributed by atoms with E-state index in [2.05, 4.69) is 0 Å². The highest BCUT2D eigenvalue weighted by Crippen LogP contribution is 2.30. The molecule has 8 nitrogen and oxygen atoms in total. The standard InChI is InChI=1S/C11H13ClN2O6/c12-2-1-6-3-14(10(19)13-9(6)18)11(5-15)8(17)7(16)4-20-11/h1-3,7-8,15-17H,4-5H2,(H,13,18,19)/b2-1+/t7-,8+,11+/m1/s1. The van der Waals surface area contributed by atoms with E-state index in [9.17, 15) is 24.9 Å². The molecule has 0 aromatic carbocycles. The molecule has 0 aliphatic carbocycles. The van der Waals surface area contributed by atoms with Crippen LogP contribution in [0.5, 0.6) is 0 Å². The molecule has 1 aliphatic heterocycles. The molecule has 0 radical (unpaired) electrons. The SMILES string of the molecule is O=c1[nH]c(=O)n([C@@]2(CO)OC[C@@H](O)[C@@H]2O)cc1/C=C/Cl. The second-order valence-electron chi connectivity index (χ2n) is 4.33. The van der Waals surface area contributed by atoms with Gasteiger partial charge in [-0.15, -0.1) is 0 Å². The number of aromatic amines is 1. The van der Waals surface area contributed by atoms with E-state index in [4.69, 9.17) is 16.3 Å². The van der Waals surface area contributed by atoms with Gasteiger partial charge in [-0.1, -0.05) is 11.6 Å². The van der Waals surface area contributed by atoms with Crippen molar-refractivity contribution in [1.29, 1.82) is 0 Å². The maximum absolute atomic E-state index is 11.9. The first-order valence-electron chi connectivity index (χ1n) is 5.70. The van der Waals surface area contributed by atoms with Gasteiger partial charge in [-0.25, -0.2) is 4.79 Å². The Morgan fingerprint density at radius 2 is 2.25 bits per heavy atom. The summed E-state index contributed by atoms with van der Waals surface area (Å²) in [6.07, 6.45) is -0.451. The van der Waals surface area contributed by atoms with Crippen LogP contribution in [0.25, 0.3) is 6.08 Å². The van der Waals surface area contributed by atoms with Crippen LogP contribution in [0, 0.1) is 0 Å². The number of aliphatic hydroxyl groups excluding tert-OH is 3. The van der Waals surface area contributed by atoms with Gasteiger partial charge in [0, 0.05) is 11.7 Å². The smallest absolute Gasteiger partial charge is 0.330 e. The predicted octanol–water partition coefficient (Wildman–Crippen LogP) is -1.86. The van der Waals surface area contributed by atoms with Crippen molar-refractivity contribution >= 4 is 17.7 Å². The second-order valence-corrected chi connectivity index (χ2v) is 4.58. The Balaban J connectivity index is 2.65. The monoisotopic (exact) mass is 304 g/mol. The van der Waals surface area contributed by atoms with Gasteiger partial charge in [0.2, 0.25) is 5.72 Å². The Morgan fingerprint density at radius 3 is 2.75 bits per heavy atom. The molecule has 9 heteroatoms. The minimum Gasteiger partial charge on any atom is -0.391 e. The molecule has 2 rings (SSSR count). The van der Waals surface area contributed by atoms with E-state index in [1.54, 1.807) is 0 Å². The molecule has 1 aliphatic rings. The molecule has 110 valence electrons. The van der Waals surface area contributed by atoms with Gasteiger partial charge in [0.05, 0.1) is 18.8 Å². The van der Waals surface area contributed by atoms with E-state index in [1.807, 2.05) is 4.98 Å². The first kappa shape index (κ1) is 14.9. The third-order valence-corrected chi connectivity index (χ3v) is 3.30. The summed E-state index contributed by atoms with van der Waals surface area (Å²) in [5.41, 5.74) is -2.31. The Labute approximate surface area is 117 Å². The minimum atomic E-state index is -1.85. The quantitative estimate of drug-likeness (QED) is 0.519. The number of aromatic nitrogens is 2. The molecule has 3 atom stereocenters. The topological polar surface area (TPSA) is 125 Å². The van der Waals surface area contributed by atoms with Crippen molar-refractivity contribution < 1.29 is 20.1 Å². The lowest BCUT2D eigenvalue weighted by Gasteiger charge is -2.31. The van der Waals surface area contributed by atoms with Crippen molar-refractivity contribution in [3.63, 3.8) is 0 Å². The van der Waals surface area contributed by atoms with Crippen molar-refractivity contribution in [2.45, 2.75) is 17.9 Å². The predicted molar refractivity (Wildman–Crippen MR) is 69.2 cm³/mol. The van der Waals surface area contributed by atoms with Crippen LogP contribution in [-0.4, -0.2) is 50.3 Å². The zero-order valence-electron chi connectivity index (χ0n) is 10.2. The largest absolute Gasteiger partial charge is 0.391 e. The molecule has 2 heterocycles. The lowest BCUT2D eigenvalue weighted by molar-refractivity contribution is -0.154. The summed E-state index contributed by atoms with van der Waals surface area (Å²) in [6, 6.07) is 0. The molecule has 20 heavy (non-hydrogen) atoms. The Bertz CT molecular complexity index is 639. The zero-order chi connectivity index (χ0) is 14.9. The van der Waals surface area contributed by atoms with Gasteiger partial charge in [0.1, 0.15) is 12.2 Å². The Hall–Kier alpha value is -1.45. The molecule has 0 unspecified atom stereocenters. The van der Waals surface area contributed by atoms with Crippen LogP contribution in [0.1, 0.15) is 5.56 Å². The molecule has 1 aromatic heterocycles. The number of rotatable bonds is 3. The normalized spacial score (nSPS) is 30.2. The van der Waals surface area contributed by atoms with Crippen molar-refractivity contribution in [1.82, 2.24) is 9.55 Å². The molecule has 4 N–H and O–H groups in total. The van der Waals surface area contributed by atoms with E-state index in [0.29, 0.717) is 0 Å². The maximum atomic E-state index is 11.9. The van der Waals surface area contributed by atoms with Crippen LogP contribution in [0.2, 0.25) is 0 Å². The summed E-state index contributed by atoms with van der Waals surface area (Å²) in [7, 11) is 0. The number of nitrogens with zero attached hydrogens (tertiary/aromatic N) is 1. The van der Waals surface area contributed by atoms with Crippen LogP contribution in [0.3, 0.4) is 0 Å². The van der Waals surface area contributed by atoms with Crippen LogP contribution < -0.4 is 11.2 Å². The van der Waals surface area contributed by atoms with Crippen molar-refractivity contribution in [3.05, 3.63) is 38.1 Å². The molecular formula is C11H13ClN2O6. The van der Waals surface area contributed by atoms with Gasteiger partial charge >= 0.3 is 5.69 Å². The maximum Gasteiger partial charge on any atom is 0.330 e. The van der Waals surface area contributed by atoms with Crippen LogP contribution >= 0.6 is 11.6 Å². The fraction of sp³-hybridized carbons (Fsp3) is 0.455. The van der Waals surface area contributed by atoms with E-state index in [-0.39, 0.29) is 12.2 Å². The third-order valence-electron chi connectivity index (χ3n) is 3.18.